The lowest BCUT2D eigenvalue weighted by Crippen LogP contribution is -2.39. The van der Waals surface area contributed by atoms with Crippen molar-refractivity contribution in [1.82, 2.24) is 14.7 Å². The number of carboxylic acid groups (broad SMARTS) is 1. The van der Waals surface area contributed by atoms with Gasteiger partial charge in [0.2, 0.25) is 0 Å². The molecule has 0 unspecified atom stereocenters. The Kier molecular flexibility index (Phi) is 4.78. The van der Waals surface area contributed by atoms with E-state index in [-0.39, 0.29) is 28.6 Å². The monoisotopic (exact) mass is 349 g/mol. The van der Waals surface area contributed by atoms with Gasteiger partial charge in [-0.1, -0.05) is 12.1 Å². The SMILES string of the molecule is O=C(O)c1cnn(C2CCN(C(=O)c3cccc(C(F)F)c3)CC2)c1. The van der Waals surface area contributed by atoms with Crippen molar-refractivity contribution in [3.05, 3.63) is 53.3 Å². The standard InChI is InChI=1S/C17H17F2N3O3/c18-15(19)11-2-1-3-12(8-11)16(23)21-6-4-14(5-7-21)22-10-13(9-20-22)17(24)25/h1-3,8-10,14-15H,4-7H2,(H,24,25). The summed E-state index contributed by atoms with van der Waals surface area (Å²) in [4.78, 5) is 25.0. The number of aromatic nitrogens is 2. The average Bonchev–Trinajstić information content (AvgIpc) is 3.12. The van der Waals surface area contributed by atoms with Crippen LogP contribution in [0.3, 0.4) is 0 Å². The van der Waals surface area contributed by atoms with E-state index in [9.17, 15) is 18.4 Å². The van der Waals surface area contributed by atoms with E-state index in [0.717, 1.165) is 0 Å². The highest BCUT2D eigenvalue weighted by Gasteiger charge is 2.26. The Balaban J connectivity index is 1.64. The average molecular weight is 349 g/mol. The number of alkyl halides is 2. The molecular weight excluding hydrogens is 332 g/mol. The highest BCUT2D eigenvalue weighted by atomic mass is 19.3. The van der Waals surface area contributed by atoms with Crippen LogP contribution in [0.2, 0.25) is 0 Å². The molecule has 8 heteroatoms. The van der Waals surface area contributed by atoms with Gasteiger partial charge in [-0.3, -0.25) is 9.48 Å². The summed E-state index contributed by atoms with van der Waals surface area (Å²) in [6, 6.07) is 5.53. The Morgan fingerprint density at radius 2 is 1.92 bits per heavy atom. The molecular formula is C17H17F2N3O3. The van der Waals surface area contributed by atoms with E-state index < -0.39 is 12.4 Å². The minimum atomic E-state index is -2.61. The molecule has 0 atom stereocenters. The molecule has 0 spiro atoms. The second kappa shape index (κ2) is 7.00. The minimum absolute atomic E-state index is 0.0181. The molecule has 132 valence electrons. The van der Waals surface area contributed by atoms with E-state index in [4.69, 9.17) is 5.11 Å². The molecule has 0 aliphatic carbocycles. The summed E-state index contributed by atoms with van der Waals surface area (Å²) in [7, 11) is 0. The first-order chi connectivity index (χ1) is 12.0. The number of hydrogen-bond acceptors (Lipinski definition) is 3. The summed E-state index contributed by atoms with van der Waals surface area (Å²) in [6.45, 7) is 0.926. The van der Waals surface area contributed by atoms with Crippen LogP contribution in [0.25, 0.3) is 0 Å². The Morgan fingerprint density at radius 1 is 1.20 bits per heavy atom. The quantitative estimate of drug-likeness (QED) is 0.921. The highest BCUT2D eigenvalue weighted by Crippen LogP contribution is 2.25. The molecule has 1 fully saturated rings. The molecule has 2 heterocycles. The smallest absolute Gasteiger partial charge is 0.338 e. The van der Waals surface area contributed by atoms with E-state index in [0.29, 0.717) is 25.9 Å². The maximum atomic E-state index is 12.8. The van der Waals surface area contributed by atoms with Crippen LogP contribution in [-0.2, 0) is 0 Å². The maximum Gasteiger partial charge on any atom is 0.338 e. The van der Waals surface area contributed by atoms with Crippen molar-refractivity contribution in [3.8, 4) is 0 Å². The van der Waals surface area contributed by atoms with Crippen molar-refractivity contribution in [1.29, 1.82) is 0 Å². The van der Waals surface area contributed by atoms with Crippen molar-refractivity contribution in [2.45, 2.75) is 25.3 Å². The number of rotatable bonds is 4. The Hall–Kier alpha value is -2.77. The fourth-order valence-corrected chi connectivity index (χ4v) is 2.97. The lowest BCUT2D eigenvalue weighted by molar-refractivity contribution is 0.0687. The zero-order valence-electron chi connectivity index (χ0n) is 13.3. The second-order valence-electron chi connectivity index (χ2n) is 5.96. The molecule has 1 amide bonds. The number of carbonyl (C=O) groups is 2. The molecule has 0 radical (unpaired) electrons. The molecule has 6 nitrogen and oxygen atoms in total. The van der Waals surface area contributed by atoms with Gasteiger partial charge in [-0.2, -0.15) is 5.10 Å². The molecule has 1 aliphatic rings. The third-order valence-electron chi connectivity index (χ3n) is 4.36. The van der Waals surface area contributed by atoms with Crippen molar-refractivity contribution in [2.75, 3.05) is 13.1 Å². The maximum absolute atomic E-state index is 12.8. The molecule has 2 aromatic rings. The van der Waals surface area contributed by atoms with E-state index in [1.54, 1.807) is 9.58 Å². The first kappa shape index (κ1) is 17.1. The summed E-state index contributed by atoms with van der Waals surface area (Å²) in [5, 5.41) is 13.0. The summed E-state index contributed by atoms with van der Waals surface area (Å²) < 4.78 is 27.2. The van der Waals surface area contributed by atoms with Crippen molar-refractivity contribution < 1.29 is 23.5 Å². The Morgan fingerprint density at radius 3 is 2.52 bits per heavy atom. The van der Waals surface area contributed by atoms with Crippen molar-refractivity contribution >= 4 is 11.9 Å². The zero-order valence-corrected chi connectivity index (χ0v) is 13.3. The second-order valence-corrected chi connectivity index (χ2v) is 5.96. The van der Waals surface area contributed by atoms with Crippen LogP contribution < -0.4 is 0 Å². The van der Waals surface area contributed by atoms with Gasteiger partial charge in [0.15, 0.2) is 0 Å². The first-order valence-electron chi connectivity index (χ1n) is 7.90. The molecule has 1 N–H and O–H groups in total. The van der Waals surface area contributed by atoms with Gasteiger partial charge < -0.3 is 10.0 Å². The molecule has 0 bridgehead atoms. The largest absolute Gasteiger partial charge is 0.478 e. The van der Waals surface area contributed by atoms with Gasteiger partial charge in [0.1, 0.15) is 0 Å². The number of hydrogen-bond donors (Lipinski definition) is 1. The van der Waals surface area contributed by atoms with Crippen LogP contribution in [-0.4, -0.2) is 44.8 Å². The molecule has 3 rings (SSSR count). The lowest BCUT2D eigenvalue weighted by atomic mass is 10.0. The van der Waals surface area contributed by atoms with Gasteiger partial charge >= 0.3 is 5.97 Å². The van der Waals surface area contributed by atoms with E-state index in [2.05, 4.69) is 5.10 Å². The number of likely N-dealkylation sites (tertiary alicyclic amines) is 1. The predicted octanol–water partition coefficient (Wildman–Crippen LogP) is 3.00. The van der Waals surface area contributed by atoms with Crippen LogP contribution >= 0.6 is 0 Å². The highest BCUT2D eigenvalue weighted by molar-refractivity contribution is 5.94. The number of carboxylic acids is 1. The van der Waals surface area contributed by atoms with Gasteiger partial charge in [-0.15, -0.1) is 0 Å². The minimum Gasteiger partial charge on any atom is -0.478 e. The van der Waals surface area contributed by atoms with Crippen LogP contribution in [0.15, 0.2) is 36.7 Å². The topological polar surface area (TPSA) is 75.4 Å². The predicted molar refractivity (Wildman–Crippen MR) is 84.8 cm³/mol. The van der Waals surface area contributed by atoms with Gasteiger partial charge in [0, 0.05) is 30.4 Å². The van der Waals surface area contributed by atoms with Crippen LogP contribution in [0.1, 0.15) is 51.6 Å². The summed E-state index contributed by atoms with van der Waals surface area (Å²) in [5.74, 6) is -1.30. The van der Waals surface area contributed by atoms with Gasteiger partial charge in [0.25, 0.3) is 12.3 Å². The van der Waals surface area contributed by atoms with Crippen LogP contribution in [0.4, 0.5) is 8.78 Å². The van der Waals surface area contributed by atoms with Gasteiger partial charge in [-0.25, -0.2) is 13.6 Å². The number of nitrogens with zero attached hydrogens (tertiary/aromatic N) is 3. The van der Waals surface area contributed by atoms with E-state index >= 15 is 0 Å². The zero-order chi connectivity index (χ0) is 18.0. The summed E-state index contributed by atoms with van der Waals surface area (Å²) in [5.41, 5.74) is 0.212. The third kappa shape index (κ3) is 3.67. The molecule has 1 saturated heterocycles. The lowest BCUT2D eigenvalue weighted by Gasteiger charge is -2.32. The molecule has 0 saturated carbocycles. The molecule has 1 aromatic heterocycles. The van der Waals surface area contributed by atoms with Gasteiger partial charge in [0.05, 0.1) is 17.8 Å². The fraction of sp³-hybridized carbons (Fsp3) is 0.353. The number of benzene rings is 1. The normalized spacial score (nSPS) is 15.6. The number of carbonyl (C=O) groups excluding carboxylic acids is 1. The van der Waals surface area contributed by atoms with Crippen LogP contribution in [0, 0.1) is 0 Å². The van der Waals surface area contributed by atoms with Crippen molar-refractivity contribution in [3.63, 3.8) is 0 Å². The fourth-order valence-electron chi connectivity index (χ4n) is 2.97. The number of halogens is 2. The molecule has 1 aliphatic heterocycles. The van der Waals surface area contributed by atoms with E-state index in [1.165, 1.54) is 36.7 Å². The number of piperidine rings is 1. The van der Waals surface area contributed by atoms with Crippen molar-refractivity contribution in [2.24, 2.45) is 0 Å². The van der Waals surface area contributed by atoms with Crippen LogP contribution in [0.5, 0.6) is 0 Å². The molecule has 25 heavy (non-hydrogen) atoms. The molecule has 1 aromatic carbocycles. The third-order valence-corrected chi connectivity index (χ3v) is 4.36. The Bertz CT molecular complexity index is 783. The summed E-state index contributed by atoms with van der Waals surface area (Å²) in [6.07, 6.45) is 1.43. The van der Waals surface area contributed by atoms with Gasteiger partial charge in [-0.05, 0) is 25.0 Å². The van der Waals surface area contributed by atoms with E-state index in [1.807, 2.05) is 0 Å². The summed E-state index contributed by atoms with van der Waals surface area (Å²) >= 11 is 0. The number of aromatic carboxylic acids is 1. The Labute approximate surface area is 142 Å². The number of amides is 1. The first-order valence-corrected chi connectivity index (χ1v) is 7.90.